The molecule has 3 heteroatoms. The van der Waals surface area contributed by atoms with Crippen LogP contribution in [0.2, 0.25) is 0 Å². The summed E-state index contributed by atoms with van der Waals surface area (Å²) >= 11 is 0. The molecule has 1 atom stereocenters. The molecule has 1 N–H and O–H groups in total. The SMILES string of the molecule is CC(C)CNCC(OCCOC(C)(C)C)c1ccccc1. The highest BCUT2D eigenvalue weighted by molar-refractivity contribution is 5.17. The Labute approximate surface area is 130 Å². The highest BCUT2D eigenvalue weighted by atomic mass is 16.5. The van der Waals surface area contributed by atoms with Crippen molar-refractivity contribution in [2.75, 3.05) is 26.3 Å². The van der Waals surface area contributed by atoms with Gasteiger partial charge in [0.25, 0.3) is 0 Å². The fourth-order valence-electron chi connectivity index (χ4n) is 1.98. The minimum Gasteiger partial charge on any atom is -0.373 e. The van der Waals surface area contributed by atoms with Gasteiger partial charge in [-0.15, -0.1) is 0 Å². The maximum Gasteiger partial charge on any atom is 0.0950 e. The smallest absolute Gasteiger partial charge is 0.0950 e. The zero-order valence-corrected chi connectivity index (χ0v) is 14.2. The average Bonchev–Trinajstić information content (AvgIpc) is 2.41. The van der Waals surface area contributed by atoms with Gasteiger partial charge >= 0.3 is 0 Å². The molecule has 3 nitrogen and oxygen atoms in total. The Kier molecular flexibility index (Phi) is 7.94. The zero-order chi connectivity index (χ0) is 15.7. The quantitative estimate of drug-likeness (QED) is 0.702. The highest BCUT2D eigenvalue weighted by Crippen LogP contribution is 2.16. The van der Waals surface area contributed by atoms with Crippen molar-refractivity contribution in [1.29, 1.82) is 0 Å². The first-order chi connectivity index (χ1) is 9.88. The Bertz CT molecular complexity index is 371. The summed E-state index contributed by atoms with van der Waals surface area (Å²) in [6, 6.07) is 10.4. The van der Waals surface area contributed by atoms with Gasteiger partial charge in [0.05, 0.1) is 24.9 Å². The van der Waals surface area contributed by atoms with Gasteiger partial charge in [0, 0.05) is 6.54 Å². The predicted octanol–water partition coefficient (Wildman–Crippen LogP) is 3.81. The number of hydrogen-bond donors (Lipinski definition) is 1. The van der Waals surface area contributed by atoms with E-state index in [-0.39, 0.29) is 11.7 Å². The summed E-state index contributed by atoms with van der Waals surface area (Å²) in [5.41, 5.74) is 1.10. The maximum atomic E-state index is 6.02. The van der Waals surface area contributed by atoms with Crippen LogP contribution < -0.4 is 5.32 Å². The summed E-state index contributed by atoms with van der Waals surface area (Å²) in [4.78, 5) is 0. The van der Waals surface area contributed by atoms with Crippen molar-refractivity contribution in [3.63, 3.8) is 0 Å². The number of nitrogens with one attached hydrogen (secondary N) is 1. The van der Waals surface area contributed by atoms with E-state index in [0.29, 0.717) is 19.1 Å². The molecule has 0 heterocycles. The minimum atomic E-state index is -0.110. The highest BCUT2D eigenvalue weighted by Gasteiger charge is 2.13. The molecule has 0 radical (unpaired) electrons. The third-order valence-electron chi connectivity index (χ3n) is 2.99. The summed E-state index contributed by atoms with van der Waals surface area (Å²) in [5.74, 6) is 0.644. The van der Waals surface area contributed by atoms with Gasteiger partial charge in [0.1, 0.15) is 0 Å². The van der Waals surface area contributed by atoms with Crippen molar-refractivity contribution >= 4 is 0 Å². The van der Waals surface area contributed by atoms with Crippen LogP contribution in [0.15, 0.2) is 30.3 Å². The first kappa shape index (κ1) is 18.1. The fraction of sp³-hybridized carbons (Fsp3) is 0.667. The molecule has 1 aromatic carbocycles. The second kappa shape index (κ2) is 9.19. The molecule has 120 valence electrons. The van der Waals surface area contributed by atoms with Gasteiger partial charge in [-0.05, 0) is 38.8 Å². The van der Waals surface area contributed by atoms with Crippen LogP contribution in [-0.2, 0) is 9.47 Å². The van der Waals surface area contributed by atoms with Crippen LogP contribution in [-0.4, -0.2) is 31.9 Å². The molecule has 0 spiro atoms. The third kappa shape index (κ3) is 8.86. The second-order valence-corrected chi connectivity index (χ2v) is 6.78. The minimum absolute atomic E-state index is 0.0773. The second-order valence-electron chi connectivity index (χ2n) is 6.78. The molecule has 21 heavy (non-hydrogen) atoms. The van der Waals surface area contributed by atoms with E-state index in [4.69, 9.17) is 9.47 Å². The molecule has 1 rings (SSSR count). The monoisotopic (exact) mass is 293 g/mol. The molecule has 1 unspecified atom stereocenters. The molecular weight excluding hydrogens is 262 g/mol. The lowest BCUT2D eigenvalue weighted by molar-refractivity contribution is -0.0519. The van der Waals surface area contributed by atoms with Crippen LogP contribution in [0.3, 0.4) is 0 Å². The van der Waals surface area contributed by atoms with Crippen LogP contribution in [0, 0.1) is 5.92 Å². The van der Waals surface area contributed by atoms with Crippen molar-refractivity contribution in [1.82, 2.24) is 5.32 Å². The van der Waals surface area contributed by atoms with Gasteiger partial charge in [-0.2, -0.15) is 0 Å². The predicted molar refractivity (Wildman–Crippen MR) is 88.5 cm³/mol. The van der Waals surface area contributed by atoms with Gasteiger partial charge in [-0.1, -0.05) is 44.2 Å². The normalized spacial score (nSPS) is 13.6. The largest absolute Gasteiger partial charge is 0.373 e. The fourth-order valence-corrected chi connectivity index (χ4v) is 1.98. The lowest BCUT2D eigenvalue weighted by Gasteiger charge is -2.23. The van der Waals surface area contributed by atoms with Crippen molar-refractivity contribution < 1.29 is 9.47 Å². The van der Waals surface area contributed by atoms with Crippen molar-refractivity contribution in [3.05, 3.63) is 35.9 Å². The Morgan fingerprint density at radius 2 is 1.67 bits per heavy atom. The zero-order valence-electron chi connectivity index (χ0n) is 14.2. The molecule has 0 saturated carbocycles. The summed E-state index contributed by atoms with van der Waals surface area (Å²) < 4.78 is 11.7. The van der Waals surface area contributed by atoms with Gasteiger partial charge in [-0.25, -0.2) is 0 Å². The van der Waals surface area contributed by atoms with Gasteiger partial charge in [-0.3, -0.25) is 0 Å². The van der Waals surface area contributed by atoms with Gasteiger partial charge in [0.15, 0.2) is 0 Å². The van der Waals surface area contributed by atoms with Crippen LogP contribution >= 0.6 is 0 Å². The van der Waals surface area contributed by atoms with Crippen molar-refractivity contribution in [2.45, 2.75) is 46.3 Å². The first-order valence-corrected chi connectivity index (χ1v) is 7.89. The Balaban J connectivity index is 2.45. The molecule has 0 aliphatic carbocycles. The van der Waals surface area contributed by atoms with E-state index in [9.17, 15) is 0 Å². The van der Waals surface area contributed by atoms with Crippen LogP contribution in [0.1, 0.15) is 46.3 Å². The lowest BCUT2D eigenvalue weighted by atomic mass is 10.1. The van der Waals surface area contributed by atoms with Crippen LogP contribution in [0.25, 0.3) is 0 Å². The lowest BCUT2D eigenvalue weighted by Crippen LogP contribution is -2.28. The van der Waals surface area contributed by atoms with Gasteiger partial charge in [0.2, 0.25) is 0 Å². The summed E-state index contributed by atoms with van der Waals surface area (Å²) in [6.07, 6.45) is 0.0773. The molecule has 0 aromatic heterocycles. The molecule has 0 amide bonds. The van der Waals surface area contributed by atoms with Crippen molar-refractivity contribution in [2.24, 2.45) is 5.92 Å². The Morgan fingerprint density at radius 3 is 2.24 bits per heavy atom. The van der Waals surface area contributed by atoms with Gasteiger partial charge < -0.3 is 14.8 Å². The van der Waals surface area contributed by atoms with E-state index in [1.165, 1.54) is 5.56 Å². The Morgan fingerprint density at radius 1 is 1.00 bits per heavy atom. The standard InChI is InChI=1S/C18H31NO2/c1-15(2)13-19-14-17(16-9-7-6-8-10-16)20-11-12-21-18(3,4)5/h6-10,15,17,19H,11-14H2,1-5H3. The maximum absolute atomic E-state index is 6.02. The van der Waals surface area contributed by atoms with Crippen LogP contribution in [0.4, 0.5) is 0 Å². The van der Waals surface area contributed by atoms with E-state index in [0.717, 1.165) is 13.1 Å². The summed E-state index contributed by atoms with van der Waals surface area (Å²) in [5, 5.41) is 3.47. The summed E-state index contributed by atoms with van der Waals surface area (Å²) in [6.45, 7) is 13.7. The van der Waals surface area contributed by atoms with E-state index >= 15 is 0 Å². The van der Waals surface area contributed by atoms with E-state index in [1.54, 1.807) is 0 Å². The average molecular weight is 293 g/mol. The van der Waals surface area contributed by atoms with Crippen molar-refractivity contribution in [3.8, 4) is 0 Å². The molecular formula is C18H31NO2. The molecule has 0 bridgehead atoms. The van der Waals surface area contributed by atoms with E-state index in [2.05, 4.69) is 64.2 Å². The first-order valence-electron chi connectivity index (χ1n) is 7.89. The molecule has 0 fully saturated rings. The molecule has 0 aliphatic heterocycles. The summed E-state index contributed by atoms with van der Waals surface area (Å²) in [7, 11) is 0. The van der Waals surface area contributed by atoms with E-state index in [1.807, 2.05) is 6.07 Å². The van der Waals surface area contributed by atoms with E-state index < -0.39 is 0 Å². The molecule has 0 saturated heterocycles. The topological polar surface area (TPSA) is 30.5 Å². The number of ether oxygens (including phenoxy) is 2. The number of benzene rings is 1. The number of rotatable bonds is 9. The van der Waals surface area contributed by atoms with Crippen LogP contribution in [0.5, 0.6) is 0 Å². The third-order valence-corrected chi connectivity index (χ3v) is 2.99. The molecule has 0 aliphatic rings. The molecule has 1 aromatic rings. The Hall–Kier alpha value is -0.900. The number of hydrogen-bond acceptors (Lipinski definition) is 3.